The molecule has 0 fully saturated rings. The van der Waals surface area contributed by atoms with Crippen LogP contribution < -0.4 is 5.73 Å². The number of nitrogens with two attached hydrogens (primary N) is 1. The van der Waals surface area contributed by atoms with Crippen LogP contribution in [0.2, 0.25) is 0 Å². The van der Waals surface area contributed by atoms with Gasteiger partial charge in [0.2, 0.25) is 0 Å². The number of nitrogen functional groups attached to an aromatic ring is 1. The number of amides is 1. The van der Waals surface area contributed by atoms with Crippen LogP contribution in [0, 0.1) is 6.92 Å². The number of anilines is 1. The van der Waals surface area contributed by atoms with Crippen LogP contribution in [-0.4, -0.2) is 23.7 Å². The molecule has 4 nitrogen and oxygen atoms in total. The Morgan fingerprint density at radius 1 is 1.10 bits per heavy atom. The molecule has 0 aliphatic carbocycles. The van der Waals surface area contributed by atoms with Gasteiger partial charge in [-0.15, -0.1) is 0 Å². The predicted octanol–water partition coefficient (Wildman–Crippen LogP) is 3.07. The number of hydrazone groups is 1. The molecule has 4 heteroatoms. The fourth-order valence-electron chi connectivity index (χ4n) is 1.99. The molecular formula is C17H19N3O. The minimum Gasteiger partial charge on any atom is -0.398 e. The molecule has 0 heterocycles. The summed E-state index contributed by atoms with van der Waals surface area (Å²) in [5.74, 6) is -0.223. The van der Waals surface area contributed by atoms with E-state index in [1.54, 1.807) is 31.3 Å². The fraction of sp³-hybridized carbons (Fsp3) is 0.176. The summed E-state index contributed by atoms with van der Waals surface area (Å²) in [5.41, 5.74) is 9.69. The molecule has 0 unspecified atom stereocenters. The zero-order chi connectivity index (χ0) is 15.4. The highest BCUT2D eigenvalue weighted by Crippen LogP contribution is 2.13. The summed E-state index contributed by atoms with van der Waals surface area (Å²) in [7, 11) is 1.63. The lowest BCUT2D eigenvalue weighted by atomic mass is 10.1. The van der Waals surface area contributed by atoms with Crippen molar-refractivity contribution in [2.75, 3.05) is 12.8 Å². The Labute approximate surface area is 124 Å². The van der Waals surface area contributed by atoms with Crippen LogP contribution >= 0.6 is 0 Å². The number of benzene rings is 2. The normalized spacial score (nSPS) is 11.3. The van der Waals surface area contributed by atoms with E-state index in [2.05, 4.69) is 5.10 Å². The first kappa shape index (κ1) is 14.8. The van der Waals surface area contributed by atoms with Crippen molar-refractivity contribution < 1.29 is 4.79 Å². The fourth-order valence-corrected chi connectivity index (χ4v) is 1.99. The summed E-state index contributed by atoms with van der Waals surface area (Å²) in [6, 6.07) is 15.0. The minimum absolute atomic E-state index is 0.223. The summed E-state index contributed by atoms with van der Waals surface area (Å²) in [4.78, 5) is 12.3. The third-order valence-corrected chi connectivity index (χ3v) is 3.25. The zero-order valence-corrected chi connectivity index (χ0v) is 12.5. The van der Waals surface area contributed by atoms with Gasteiger partial charge in [-0.1, -0.05) is 42.0 Å². The van der Waals surface area contributed by atoms with Gasteiger partial charge in [-0.3, -0.25) is 4.79 Å². The Bertz CT molecular complexity index is 675. The molecule has 2 N–H and O–H groups in total. The molecule has 0 aliphatic rings. The SMILES string of the molecule is C/C(=N/N(C)C(=O)c1ccccc1N)c1ccc(C)cc1. The summed E-state index contributed by atoms with van der Waals surface area (Å²) in [6.07, 6.45) is 0. The Balaban J connectivity index is 2.22. The van der Waals surface area contributed by atoms with E-state index in [4.69, 9.17) is 5.73 Å². The van der Waals surface area contributed by atoms with Crippen molar-refractivity contribution in [3.63, 3.8) is 0 Å². The number of carbonyl (C=O) groups excluding carboxylic acids is 1. The highest BCUT2D eigenvalue weighted by molar-refractivity contribution is 6.02. The van der Waals surface area contributed by atoms with Crippen LogP contribution in [-0.2, 0) is 0 Å². The van der Waals surface area contributed by atoms with Gasteiger partial charge in [-0.25, -0.2) is 5.01 Å². The Hall–Kier alpha value is -2.62. The molecule has 1 amide bonds. The average molecular weight is 281 g/mol. The number of nitrogens with zero attached hydrogens (tertiary/aromatic N) is 2. The van der Waals surface area contributed by atoms with Crippen molar-refractivity contribution in [1.29, 1.82) is 0 Å². The predicted molar refractivity (Wildman–Crippen MR) is 86.3 cm³/mol. The van der Waals surface area contributed by atoms with Crippen LogP contribution in [0.1, 0.15) is 28.4 Å². The smallest absolute Gasteiger partial charge is 0.275 e. The molecule has 0 bridgehead atoms. The van der Waals surface area contributed by atoms with Crippen LogP contribution in [0.3, 0.4) is 0 Å². The molecule has 0 spiro atoms. The second-order valence-electron chi connectivity index (χ2n) is 4.97. The molecule has 0 aromatic heterocycles. The topological polar surface area (TPSA) is 58.7 Å². The molecule has 0 atom stereocenters. The number of hydrogen-bond acceptors (Lipinski definition) is 3. The van der Waals surface area contributed by atoms with Crippen molar-refractivity contribution in [3.05, 3.63) is 65.2 Å². The number of carbonyl (C=O) groups is 1. The van der Waals surface area contributed by atoms with E-state index in [9.17, 15) is 4.79 Å². The third kappa shape index (κ3) is 3.48. The van der Waals surface area contributed by atoms with Gasteiger partial charge in [0.25, 0.3) is 5.91 Å². The summed E-state index contributed by atoms with van der Waals surface area (Å²) < 4.78 is 0. The molecule has 108 valence electrons. The molecule has 0 radical (unpaired) electrons. The molecular weight excluding hydrogens is 262 g/mol. The molecule has 0 saturated carbocycles. The highest BCUT2D eigenvalue weighted by Gasteiger charge is 2.14. The number of hydrogen-bond donors (Lipinski definition) is 1. The van der Waals surface area contributed by atoms with Gasteiger partial charge in [0.15, 0.2) is 0 Å². The van der Waals surface area contributed by atoms with E-state index in [1.165, 1.54) is 10.6 Å². The first-order chi connectivity index (χ1) is 9.99. The molecule has 0 saturated heterocycles. The average Bonchev–Trinajstić information content (AvgIpc) is 2.47. The summed E-state index contributed by atoms with van der Waals surface area (Å²) in [6.45, 7) is 3.91. The molecule has 2 aromatic carbocycles. The van der Waals surface area contributed by atoms with Crippen molar-refractivity contribution in [3.8, 4) is 0 Å². The Kier molecular flexibility index (Phi) is 4.38. The lowest BCUT2D eigenvalue weighted by Crippen LogP contribution is -2.23. The Morgan fingerprint density at radius 3 is 2.33 bits per heavy atom. The van der Waals surface area contributed by atoms with Crippen molar-refractivity contribution in [2.45, 2.75) is 13.8 Å². The first-order valence-electron chi connectivity index (χ1n) is 6.74. The summed E-state index contributed by atoms with van der Waals surface area (Å²) >= 11 is 0. The van der Waals surface area contributed by atoms with Gasteiger partial charge in [0.05, 0.1) is 11.3 Å². The van der Waals surface area contributed by atoms with Gasteiger partial charge in [0, 0.05) is 12.7 Å². The van der Waals surface area contributed by atoms with Crippen LogP contribution in [0.5, 0.6) is 0 Å². The first-order valence-corrected chi connectivity index (χ1v) is 6.74. The van der Waals surface area contributed by atoms with E-state index in [0.29, 0.717) is 11.3 Å². The van der Waals surface area contributed by atoms with E-state index in [-0.39, 0.29) is 5.91 Å². The van der Waals surface area contributed by atoms with E-state index < -0.39 is 0 Å². The van der Waals surface area contributed by atoms with Crippen molar-refractivity contribution in [1.82, 2.24) is 5.01 Å². The van der Waals surface area contributed by atoms with Crippen molar-refractivity contribution >= 4 is 17.3 Å². The standard InChI is InChI=1S/C17H19N3O/c1-12-8-10-14(11-9-12)13(2)19-20(3)17(21)15-6-4-5-7-16(15)18/h4-11H,18H2,1-3H3/b19-13-. The molecule has 2 aromatic rings. The lowest BCUT2D eigenvalue weighted by molar-refractivity contribution is 0.0800. The van der Waals surface area contributed by atoms with Gasteiger partial charge < -0.3 is 5.73 Å². The monoisotopic (exact) mass is 281 g/mol. The molecule has 2 rings (SSSR count). The Morgan fingerprint density at radius 2 is 1.71 bits per heavy atom. The van der Waals surface area contributed by atoms with Gasteiger partial charge in [-0.05, 0) is 31.5 Å². The second-order valence-corrected chi connectivity index (χ2v) is 4.97. The number of rotatable bonds is 3. The van der Waals surface area contributed by atoms with Gasteiger partial charge in [-0.2, -0.15) is 5.10 Å². The zero-order valence-electron chi connectivity index (χ0n) is 12.5. The lowest BCUT2D eigenvalue weighted by Gasteiger charge is -2.14. The highest BCUT2D eigenvalue weighted by atomic mass is 16.2. The van der Waals surface area contributed by atoms with Gasteiger partial charge >= 0.3 is 0 Å². The maximum atomic E-state index is 12.3. The van der Waals surface area contributed by atoms with E-state index >= 15 is 0 Å². The largest absolute Gasteiger partial charge is 0.398 e. The van der Waals surface area contributed by atoms with Gasteiger partial charge in [0.1, 0.15) is 0 Å². The van der Waals surface area contributed by atoms with E-state index in [0.717, 1.165) is 11.3 Å². The maximum Gasteiger partial charge on any atom is 0.275 e. The van der Waals surface area contributed by atoms with Crippen LogP contribution in [0.4, 0.5) is 5.69 Å². The maximum absolute atomic E-state index is 12.3. The second kappa shape index (κ2) is 6.22. The van der Waals surface area contributed by atoms with Crippen LogP contribution in [0.25, 0.3) is 0 Å². The number of para-hydroxylation sites is 1. The minimum atomic E-state index is -0.223. The third-order valence-electron chi connectivity index (χ3n) is 3.25. The summed E-state index contributed by atoms with van der Waals surface area (Å²) in [5, 5.41) is 5.66. The van der Waals surface area contributed by atoms with E-state index in [1.807, 2.05) is 38.1 Å². The number of aryl methyl sites for hydroxylation is 1. The van der Waals surface area contributed by atoms with Crippen molar-refractivity contribution in [2.24, 2.45) is 5.10 Å². The molecule has 0 aliphatic heterocycles. The quantitative estimate of drug-likeness (QED) is 0.534. The molecule has 21 heavy (non-hydrogen) atoms. The van der Waals surface area contributed by atoms with Crippen LogP contribution in [0.15, 0.2) is 53.6 Å².